The van der Waals surface area contributed by atoms with Crippen molar-refractivity contribution in [3.63, 3.8) is 0 Å². The minimum Gasteiger partial charge on any atom is -0.494 e. The molecular weight excluding hydrogens is 302 g/mol. The van der Waals surface area contributed by atoms with E-state index in [0.29, 0.717) is 24.7 Å². The molecule has 116 valence electrons. The van der Waals surface area contributed by atoms with E-state index in [-0.39, 0.29) is 4.90 Å². The van der Waals surface area contributed by atoms with Gasteiger partial charge in [0, 0.05) is 12.1 Å². The van der Waals surface area contributed by atoms with Crippen LogP contribution >= 0.6 is 0 Å². The summed E-state index contributed by atoms with van der Waals surface area (Å²) in [7, 11) is -3.61. The van der Waals surface area contributed by atoms with E-state index in [1.54, 1.807) is 24.3 Å². The quantitative estimate of drug-likeness (QED) is 0.920. The summed E-state index contributed by atoms with van der Waals surface area (Å²) in [4.78, 5) is 0.202. The minimum atomic E-state index is -3.61. The summed E-state index contributed by atoms with van der Waals surface area (Å²) >= 11 is 0. The van der Waals surface area contributed by atoms with Gasteiger partial charge in [0.25, 0.3) is 10.0 Å². The van der Waals surface area contributed by atoms with Gasteiger partial charge in [0.15, 0.2) is 0 Å². The molecule has 0 aliphatic carbocycles. The summed E-state index contributed by atoms with van der Waals surface area (Å²) in [5.41, 5.74) is 1.56. The molecule has 22 heavy (non-hydrogen) atoms. The van der Waals surface area contributed by atoms with Crippen molar-refractivity contribution in [1.29, 1.82) is 0 Å². The number of nitrogens with one attached hydrogen (secondary N) is 1. The lowest BCUT2D eigenvalue weighted by atomic mass is 10.1. The molecule has 0 spiro atoms. The molecule has 6 heteroatoms. The van der Waals surface area contributed by atoms with Gasteiger partial charge in [-0.15, -0.1) is 0 Å². The fourth-order valence-electron chi connectivity index (χ4n) is 2.35. The Morgan fingerprint density at radius 2 is 1.95 bits per heavy atom. The van der Waals surface area contributed by atoms with Gasteiger partial charge in [-0.25, -0.2) is 8.42 Å². The largest absolute Gasteiger partial charge is 0.494 e. The number of anilines is 1. The Hall–Kier alpha value is -2.21. The molecule has 1 heterocycles. The first-order valence-corrected chi connectivity index (χ1v) is 8.58. The van der Waals surface area contributed by atoms with Gasteiger partial charge in [0.05, 0.1) is 18.1 Å². The molecule has 0 aromatic heterocycles. The van der Waals surface area contributed by atoms with Crippen LogP contribution in [-0.2, 0) is 16.4 Å². The lowest BCUT2D eigenvalue weighted by molar-refractivity contribution is 0.340. The normalized spacial score (nSPS) is 13.3. The predicted molar refractivity (Wildman–Crippen MR) is 84.1 cm³/mol. The van der Waals surface area contributed by atoms with Crippen molar-refractivity contribution in [2.75, 3.05) is 17.9 Å². The van der Waals surface area contributed by atoms with Crippen LogP contribution in [0.5, 0.6) is 11.5 Å². The Labute approximate surface area is 129 Å². The Bertz CT molecular complexity index is 769. The SMILES string of the molecule is CCOc1ccc(S(=O)(=O)Nc2ccc3c(c2)CCO3)cc1. The number of benzene rings is 2. The summed E-state index contributed by atoms with van der Waals surface area (Å²) in [6, 6.07) is 11.7. The molecule has 1 aliphatic rings. The van der Waals surface area contributed by atoms with E-state index in [1.165, 1.54) is 12.1 Å². The topological polar surface area (TPSA) is 64.6 Å². The maximum absolute atomic E-state index is 12.4. The van der Waals surface area contributed by atoms with E-state index >= 15 is 0 Å². The average molecular weight is 319 g/mol. The predicted octanol–water partition coefficient (Wildman–Crippen LogP) is 2.82. The molecule has 0 fully saturated rings. The van der Waals surface area contributed by atoms with Gasteiger partial charge in [-0.05, 0) is 55.0 Å². The summed E-state index contributed by atoms with van der Waals surface area (Å²) < 4.78 is 38.1. The Balaban J connectivity index is 1.81. The molecule has 2 aromatic rings. The molecule has 0 radical (unpaired) electrons. The number of hydrogen-bond donors (Lipinski definition) is 1. The molecule has 0 saturated heterocycles. The zero-order valence-electron chi connectivity index (χ0n) is 12.2. The summed E-state index contributed by atoms with van der Waals surface area (Å²) in [6.07, 6.45) is 0.800. The molecule has 0 atom stereocenters. The third-order valence-corrected chi connectivity index (χ3v) is 4.78. The molecule has 0 saturated carbocycles. The van der Waals surface area contributed by atoms with Gasteiger partial charge in [0.2, 0.25) is 0 Å². The fraction of sp³-hybridized carbons (Fsp3) is 0.250. The average Bonchev–Trinajstić information content (AvgIpc) is 2.95. The van der Waals surface area contributed by atoms with Crippen LogP contribution in [0.15, 0.2) is 47.4 Å². The van der Waals surface area contributed by atoms with Crippen molar-refractivity contribution in [2.24, 2.45) is 0 Å². The first-order chi connectivity index (χ1) is 10.6. The molecule has 2 aromatic carbocycles. The number of hydrogen-bond acceptors (Lipinski definition) is 4. The highest BCUT2D eigenvalue weighted by Crippen LogP contribution is 2.29. The zero-order chi connectivity index (χ0) is 15.6. The number of rotatable bonds is 5. The van der Waals surface area contributed by atoms with Gasteiger partial charge < -0.3 is 9.47 Å². The van der Waals surface area contributed by atoms with Crippen molar-refractivity contribution in [2.45, 2.75) is 18.2 Å². The van der Waals surface area contributed by atoms with Crippen molar-refractivity contribution in [3.8, 4) is 11.5 Å². The van der Waals surface area contributed by atoms with Crippen molar-refractivity contribution < 1.29 is 17.9 Å². The van der Waals surface area contributed by atoms with Crippen LogP contribution in [0.4, 0.5) is 5.69 Å². The van der Waals surface area contributed by atoms with Crippen LogP contribution in [0, 0.1) is 0 Å². The Morgan fingerprint density at radius 3 is 2.68 bits per heavy atom. The van der Waals surface area contributed by atoms with Gasteiger partial charge in [-0.1, -0.05) is 0 Å². The van der Waals surface area contributed by atoms with Gasteiger partial charge >= 0.3 is 0 Å². The highest BCUT2D eigenvalue weighted by atomic mass is 32.2. The number of sulfonamides is 1. The number of fused-ring (bicyclic) bond motifs is 1. The first kappa shape index (κ1) is 14.7. The van der Waals surface area contributed by atoms with Crippen LogP contribution in [0.3, 0.4) is 0 Å². The Kier molecular flexibility index (Phi) is 3.94. The third-order valence-electron chi connectivity index (χ3n) is 3.39. The van der Waals surface area contributed by atoms with Gasteiger partial charge in [-0.2, -0.15) is 0 Å². The van der Waals surface area contributed by atoms with E-state index in [4.69, 9.17) is 9.47 Å². The van der Waals surface area contributed by atoms with E-state index in [0.717, 1.165) is 17.7 Å². The van der Waals surface area contributed by atoms with E-state index in [1.807, 2.05) is 13.0 Å². The molecule has 0 unspecified atom stereocenters. The summed E-state index contributed by atoms with van der Waals surface area (Å²) in [5.74, 6) is 1.47. The lowest BCUT2D eigenvalue weighted by Gasteiger charge is -2.10. The van der Waals surface area contributed by atoms with Crippen LogP contribution in [0.1, 0.15) is 12.5 Å². The fourth-order valence-corrected chi connectivity index (χ4v) is 3.40. The highest BCUT2D eigenvalue weighted by molar-refractivity contribution is 7.92. The maximum atomic E-state index is 12.4. The standard InChI is InChI=1S/C16H17NO4S/c1-2-20-14-4-6-15(7-5-14)22(18,19)17-13-3-8-16-12(11-13)9-10-21-16/h3-8,11,17H,2,9-10H2,1H3. The second-order valence-electron chi connectivity index (χ2n) is 4.93. The van der Waals surface area contributed by atoms with E-state index < -0.39 is 10.0 Å². The second-order valence-corrected chi connectivity index (χ2v) is 6.61. The summed E-state index contributed by atoms with van der Waals surface area (Å²) in [6.45, 7) is 3.07. The monoisotopic (exact) mass is 319 g/mol. The Morgan fingerprint density at radius 1 is 1.18 bits per heavy atom. The molecule has 0 amide bonds. The van der Waals surface area contributed by atoms with Crippen molar-refractivity contribution in [1.82, 2.24) is 0 Å². The van der Waals surface area contributed by atoms with Crippen molar-refractivity contribution >= 4 is 15.7 Å². The molecule has 3 rings (SSSR count). The lowest BCUT2D eigenvalue weighted by Crippen LogP contribution is -2.13. The molecule has 1 aliphatic heterocycles. The molecule has 1 N–H and O–H groups in total. The second kappa shape index (κ2) is 5.88. The van der Waals surface area contributed by atoms with Crippen LogP contribution in [0.2, 0.25) is 0 Å². The van der Waals surface area contributed by atoms with Crippen molar-refractivity contribution in [3.05, 3.63) is 48.0 Å². The van der Waals surface area contributed by atoms with Gasteiger partial charge in [0.1, 0.15) is 11.5 Å². The van der Waals surface area contributed by atoms with E-state index in [2.05, 4.69) is 4.72 Å². The van der Waals surface area contributed by atoms with Crippen LogP contribution in [-0.4, -0.2) is 21.6 Å². The molecule has 5 nitrogen and oxygen atoms in total. The third kappa shape index (κ3) is 3.01. The minimum absolute atomic E-state index is 0.202. The highest BCUT2D eigenvalue weighted by Gasteiger charge is 2.17. The van der Waals surface area contributed by atoms with Crippen LogP contribution < -0.4 is 14.2 Å². The summed E-state index contributed by atoms with van der Waals surface area (Å²) in [5, 5.41) is 0. The zero-order valence-corrected chi connectivity index (χ0v) is 13.0. The van der Waals surface area contributed by atoms with Gasteiger partial charge in [-0.3, -0.25) is 4.72 Å². The molecule has 0 bridgehead atoms. The van der Waals surface area contributed by atoms with E-state index in [9.17, 15) is 8.42 Å². The first-order valence-electron chi connectivity index (χ1n) is 7.10. The van der Waals surface area contributed by atoms with Crippen LogP contribution in [0.25, 0.3) is 0 Å². The maximum Gasteiger partial charge on any atom is 0.261 e. The smallest absolute Gasteiger partial charge is 0.261 e. The number of ether oxygens (including phenoxy) is 2. The molecular formula is C16H17NO4S.